The zero-order valence-electron chi connectivity index (χ0n) is 13.2. The second kappa shape index (κ2) is 8.50. The third-order valence-electron chi connectivity index (χ3n) is 3.56. The molecular weight excluding hydrogens is 363 g/mol. The SMILES string of the molecule is O=C(NCCN1CCOCC1)C(=O)Nc1ccc(Cl)cc1C(F)(F)F. The van der Waals surface area contributed by atoms with Crippen molar-refractivity contribution in [2.45, 2.75) is 6.18 Å². The summed E-state index contributed by atoms with van der Waals surface area (Å²) >= 11 is 5.56. The maximum atomic E-state index is 13.0. The van der Waals surface area contributed by atoms with Crippen molar-refractivity contribution >= 4 is 29.1 Å². The highest BCUT2D eigenvalue weighted by Gasteiger charge is 2.34. The van der Waals surface area contributed by atoms with Gasteiger partial charge in [0.15, 0.2) is 0 Å². The van der Waals surface area contributed by atoms with Crippen LogP contribution in [0.2, 0.25) is 5.02 Å². The topological polar surface area (TPSA) is 70.7 Å². The molecule has 1 aromatic carbocycles. The van der Waals surface area contributed by atoms with Crippen LogP contribution >= 0.6 is 11.6 Å². The minimum absolute atomic E-state index is 0.125. The van der Waals surface area contributed by atoms with Crippen LogP contribution in [0.1, 0.15) is 5.56 Å². The van der Waals surface area contributed by atoms with Gasteiger partial charge in [-0.2, -0.15) is 13.2 Å². The minimum Gasteiger partial charge on any atom is -0.379 e. The number of morpholine rings is 1. The molecule has 0 spiro atoms. The van der Waals surface area contributed by atoms with Crippen molar-refractivity contribution < 1.29 is 27.5 Å². The average molecular weight is 380 g/mol. The Bertz CT molecular complexity index is 634. The van der Waals surface area contributed by atoms with E-state index in [0.717, 1.165) is 19.2 Å². The van der Waals surface area contributed by atoms with Crippen LogP contribution in [-0.4, -0.2) is 56.1 Å². The lowest BCUT2D eigenvalue weighted by Crippen LogP contribution is -2.43. The first kappa shape index (κ1) is 19.5. The number of rotatable bonds is 4. The number of benzene rings is 1. The molecule has 2 amide bonds. The van der Waals surface area contributed by atoms with Crippen molar-refractivity contribution in [3.63, 3.8) is 0 Å². The predicted molar refractivity (Wildman–Crippen MR) is 85.4 cm³/mol. The fraction of sp³-hybridized carbons (Fsp3) is 0.467. The molecule has 0 aromatic heterocycles. The molecule has 1 aliphatic heterocycles. The summed E-state index contributed by atoms with van der Waals surface area (Å²) in [5.41, 5.74) is -1.64. The fourth-order valence-electron chi connectivity index (χ4n) is 2.27. The molecule has 0 bridgehead atoms. The second-order valence-electron chi connectivity index (χ2n) is 5.35. The van der Waals surface area contributed by atoms with Gasteiger partial charge in [-0.05, 0) is 18.2 Å². The van der Waals surface area contributed by atoms with Crippen molar-refractivity contribution in [2.75, 3.05) is 44.7 Å². The van der Waals surface area contributed by atoms with Gasteiger partial charge in [-0.15, -0.1) is 0 Å². The van der Waals surface area contributed by atoms with Crippen LogP contribution in [0.25, 0.3) is 0 Å². The van der Waals surface area contributed by atoms with Gasteiger partial charge in [0.25, 0.3) is 0 Å². The highest BCUT2D eigenvalue weighted by molar-refractivity contribution is 6.39. The normalized spacial score (nSPS) is 15.7. The van der Waals surface area contributed by atoms with Gasteiger partial charge in [0.1, 0.15) is 0 Å². The van der Waals surface area contributed by atoms with Gasteiger partial charge in [-0.25, -0.2) is 0 Å². The molecular formula is C15H17ClF3N3O3. The Morgan fingerprint density at radius 1 is 1.20 bits per heavy atom. The summed E-state index contributed by atoms with van der Waals surface area (Å²) in [6, 6.07) is 2.89. The van der Waals surface area contributed by atoms with Crippen molar-refractivity contribution in [3.05, 3.63) is 28.8 Å². The molecule has 1 aliphatic rings. The predicted octanol–water partition coefficient (Wildman–Crippen LogP) is 1.75. The number of hydrogen-bond acceptors (Lipinski definition) is 4. The Balaban J connectivity index is 1.89. The molecule has 0 radical (unpaired) electrons. The maximum Gasteiger partial charge on any atom is 0.418 e. The van der Waals surface area contributed by atoms with Gasteiger partial charge in [0, 0.05) is 31.2 Å². The van der Waals surface area contributed by atoms with Gasteiger partial charge < -0.3 is 15.4 Å². The highest BCUT2D eigenvalue weighted by atomic mass is 35.5. The number of hydrogen-bond donors (Lipinski definition) is 2. The monoisotopic (exact) mass is 379 g/mol. The molecule has 25 heavy (non-hydrogen) atoms. The van der Waals surface area contributed by atoms with Crippen molar-refractivity contribution in [3.8, 4) is 0 Å². The zero-order chi connectivity index (χ0) is 18.4. The van der Waals surface area contributed by atoms with Crippen LogP contribution in [0, 0.1) is 0 Å². The van der Waals surface area contributed by atoms with E-state index in [2.05, 4.69) is 5.32 Å². The third-order valence-corrected chi connectivity index (χ3v) is 3.79. The minimum atomic E-state index is -4.71. The Morgan fingerprint density at radius 3 is 2.52 bits per heavy atom. The average Bonchev–Trinajstić information content (AvgIpc) is 2.56. The first-order chi connectivity index (χ1) is 11.8. The van der Waals surface area contributed by atoms with Gasteiger partial charge in [-0.3, -0.25) is 14.5 Å². The van der Waals surface area contributed by atoms with E-state index in [1.54, 1.807) is 0 Å². The smallest absolute Gasteiger partial charge is 0.379 e. The van der Waals surface area contributed by atoms with Crippen LogP contribution < -0.4 is 10.6 Å². The van der Waals surface area contributed by atoms with E-state index >= 15 is 0 Å². The number of nitrogens with zero attached hydrogens (tertiary/aromatic N) is 1. The van der Waals surface area contributed by atoms with Crippen LogP contribution in [0.15, 0.2) is 18.2 Å². The van der Waals surface area contributed by atoms with E-state index in [-0.39, 0.29) is 11.6 Å². The standard InChI is InChI=1S/C15H17ClF3N3O3/c16-10-1-2-12(11(9-10)15(17,18)19)21-14(24)13(23)20-3-4-22-5-7-25-8-6-22/h1-2,9H,3-8H2,(H,20,23)(H,21,24). The molecule has 1 saturated heterocycles. The van der Waals surface area contributed by atoms with Gasteiger partial charge in [0.2, 0.25) is 0 Å². The Labute approximate surface area is 147 Å². The van der Waals surface area contributed by atoms with Crippen molar-refractivity contribution in [1.82, 2.24) is 10.2 Å². The first-order valence-corrected chi connectivity index (χ1v) is 7.91. The molecule has 0 atom stereocenters. The molecule has 0 unspecified atom stereocenters. The van der Waals surface area contributed by atoms with Gasteiger partial charge >= 0.3 is 18.0 Å². The lowest BCUT2D eigenvalue weighted by atomic mass is 10.1. The summed E-state index contributed by atoms with van der Waals surface area (Å²) in [7, 11) is 0. The fourth-order valence-corrected chi connectivity index (χ4v) is 2.44. The Morgan fingerprint density at radius 2 is 1.88 bits per heavy atom. The van der Waals surface area contributed by atoms with Crippen LogP contribution in [0.5, 0.6) is 0 Å². The molecule has 1 aromatic rings. The summed E-state index contributed by atoms with van der Waals surface area (Å²) in [6.45, 7) is 3.39. The molecule has 10 heteroatoms. The van der Waals surface area contributed by atoms with E-state index in [1.165, 1.54) is 6.07 Å². The summed E-state index contributed by atoms with van der Waals surface area (Å²) in [4.78, 5) is 25.6. The summed E-state index contributed by atoms with van der Waals surface area (Å²) in [6.07, 6.45) is -4.71. The number of nitrogens with one attached hydrogen (secondary N) is 2. The number of alkyl halides is 3. The number of carbonyl (C=O) groups excluding carboxylic acids is 2. The van der Waals surface area contributed by atoms with E-state index in [9.17, 15) is 22.8 Å². The van der Waals surface area contributed by atoms with E-state index < -0.39 is 29.2 Å². The number of amides is 2. The van der Waals surface area contributed by atoms with Crippen LogP contribution in [-0.2, 0) is 20.5 Å². The molecule has 0 saturated carbocycles. The summed E-state index contributed by atoms with van der Waals surface area (Å²) < 4.78 is 44.1. The number of halogens is 4. The molecule has 138 valence electrons. The van der Waals surface area contributed by atoms with E-state index in [1.807, 2.05) is 10.2 Å². The Kier molecular flexibility index (Phi) is 6.63. The number of ether oxygens (including phenoxy) is 1. The molecule has 6 nitrogen and oxygen atoms in total. The summed E-state index contributed by atoms with van der Waals surface area (Å²) in [5, 5.41) is 4.22. The molecule has 0 aliphatic carbocycles. The Hall–Kier alpha value is -1.84. The van der Waals surface area contributed by atoms with Crippen LogP contribution in [0.4, 0.5) is 18.9 Å². The van der Waals surface area contributed by atoms with Crippen molar-refractivity contribution in [1.29, 1.82) is 0 Å². The van der Waals surface area contributed by atoms with Crippen molar-refractivity contribution in [2.24, 2.45) is 0 Å². The lowest BCUT2D eigenvalue weighted by molar-refractivity contribution is -0.138. The van der Waals surface area contributed by atoms with Gasteiger partial charge in [-0.1, -0.05) is 11.6 Å². The highest BCUT2D eigenvalue weighted by Crippen LogP contribution is 2.36. The third kappa shape index (κ3) is 5.87. The first-order valence-electron chi connectivity index (χ1n) is 7.53. The molecule has 1 heterocycles. The molecule has 2 rings (SSSR count). The summed E-state index contributed by atoms with van der Waals surface area (Å²) in [5.74, 6) is -2.17. The number of carbonyl (C=O) groups is 2. The lowest BCUT2D eigenvalue weighted by Gasteiger charge is -2.26. The second-order valence-corrected chi connectivity index (χ2v) is 5.79. The number of anilines is 1. The van der Waals surface area contributed by atoms with E-state index in [0.29, 0.717) is 25.8 Å². The van der Waals surface area contributed by atoms with Gasteiger partial charge in [0.05, 0.1) is 24.5 Å². The zero-order valence-corrected chi connectivity index (χ0v) is 13.9. The van der Waals surface area contributed by atoms with E-state index in [4.69, 9.17) is 16.3 Å². The maximum absolute atomic E-state index is 13.0. The quantitative estimate of drug-likeness (QED) is 0.782. The molecule has 2 N–H and O–H groups in total. The molecule has 1 fully saturated rings. The van der Waals surface area contributed by atoms with Crippen LogP contribution in [0.3, 0.4) is 0 Å². The largest absolute Gasteiger partial charge is 0.418 e.